The van der Waals surface area contributed by atoms with Crippen molar-refractivity contribution in [3.05, 3.63) is 60.2 Å². The lowest BCUT2D eigenvalue weighted by Gasteiger charge is -2.27. The number of likely N-dealkylation sites (N-methyl/N-ethyl adjacent to an activating group) is 1. The van der Waals surface area contributed by atoms with Gasteiger partial charge in [0.2, 0.25) is 5.91 Å². The van der Waals surface area contributed by atoms with Crippen molar-refractivity contribution in [1.29, 1.82) is 0 Å². The van der Waals surface area contributed by atoms with E-state index in [1.54, 1.807) is 60.5 Å². The molecule has 8 heteroatoms. The van der Waals surface area contributed by atoms with Crippen molar-refractivity contribution in [1.82, 2.24) is 4.90 Å². The first kappa shape index (κ1) is 23.9. The molecule has 0 fully saturated rings. The highest BCUT2D eigenvalue weighted by Gasteiger charge is 2.26. The van der Waals surface area contributed by atoms with Crippen molar-refractivity contribution >= 4 is 34.0 Å². The second-order valence-electron chi connectivity index (χ2n) is 6.57. The summed E-state index contributed by atoms with van der Waals surface area (Å²) < 4.78 is 27.7. The quantitative estimate of drug-likeness (QED) is 0.704. The van der Waals surface area contributed by atoms with Gasteiger partial charge in [-0.2, -0.15) is 0 Å². The molecule has 0 spiro atoms. The van der Waals surface area contributed by atoms with Crippen LogP contribution in [0.1, 0.15) is 18.9 Å². The highest BCUT2D eigenvalue weighted by Crippen LogP contribution is 2.24. The average molecular weight is 426 g/mol. The Balaban J connectivity index is 0.00000392. The fraction of sp³-hybridized carbons (Fsp3) is 0.350. The Morgan fingerprint density at radius 3 is 2.18 bits per heavy atom. The molecule has 1 unspecified atom stereocenters. The van der Waals surface area contributed by atoms with E-state index in [0.717, 1.165) is 5.56 Å². The molecular weight excluding hydrogens is 398 g/mol. The van der Waals surface area contributed by atoms with Crippen molar-refractivity contribution in [2.75, 3.05) is 24.4 Å². The molecule has 0 saturated heterocycles. The second-order valence-corrected chi connectivity index (χ2v) is 8.43. The molecule has 0 heterocycles. The van der Waals surface area contributed by atoms with Crippen molar-refractivity contribution in [2.24, 2.45) is 5.73 Å². The molecule has 2 aromatic carbocycles. The van der Waals surface area contributed by atoms with E-state index in [-0.39, 0.29) is 42.2 Å². The summed E-state index contributed by atoms with van der Waals surface area (Å²) in [5.41, 5.74) is 7.12. The number of benzene rings is 2. The zero-order valence-electron chi connectivity index (χ0n) is 16.4. The zero-order chi connectivity index (χ0) is 20.0. The number of hydrogen-bond donors (Lipinski definition) is 1. The summed E-state index contributed by atoms with van der Waals surface area (Å²) in [4.78, 5) is 14.2. The van der Waals surface area contributed by atoms with Gasteiger partial charge >= 0.3 is 0 Å². The summed E-state index contributed by atoms with van der Waals surface area (Å²) in [6.45, 7) is 4.17. The number of hydrogen-bond acceptors (Lipinski definition) is 4. The third-order valence-corrected chi connectivity index (χ3v) is 6.42. The third kappa shape index (κ3) is 5.70. The molecule has 1 atom stereocenters. The van der Waals surface area contributed by atoms with Gasteiger partial charge in [0.15, 0.2) is 0 Å². The molecule has 28 heavy (non-hydrogen) atoms. The molecule has 154 valence electrons. The normalized spacial score (nSPS) is 12.0. The molecule has 6 nitrogen and oxygen atoms in total. The van der Waals surface area contributed by atoms with E-state index in [9.17, 15) is 13.2 Å². The Hall–Kier alpha value is -2.09. The van der Waals surface area contributed by atoms with Gasteiger partial charge in [-0.15, -0.1) is 12.4 Å². The predicted octanol–water partition coefficient (Wildman–Crippen LogP) is 2.81. The molecule has 2 N–H and O–H groups in total. The summed E-state index contributed by atoms with van der Waals surface area (Å²) in [5.74, 6) is -0.145. The molecule has 0 saturated carbocycles. The number of carbonyl (C=O) groups is 1. The molecule has 0 aliphatic rings. The minimum absolute atomic E-state index is 0. The van der Waals surface area contributed by atoms with E-state index in [0.29, 0.717) is 12.2 Å². The third-order valence-electron chi connectivity index (χ3n) is 4.58. The molecule has 0 bridgehead atoms. The molecule has 0 aliphatic carbocycles. The van der Waals surface area contributed by atoms with Crippen LogP contribution in [-0.2, 0) is 14.8 Å². The lowest BCUT2D eigenvalue weighted by molar-refractivity contribution is -0.131. The predicted molar refractivity (Wildman–Crippen MR) is 115 cm³/mol. The first-order valence-electron chi connectivity index (χ1n) is 8.87. The van der Waals surface area contributed by atoms with Crippen LogP contribution in [-0.4, -0.2) is 45.4 Å². The lowest BCUT2D eigenvalue weighted by atomic mass is 10.2. The van der Waals surface area contributed by atoms with Crippen molar-refractivity contribution in [2.45, 2.75) is 31.2 Å². The van der Waals surface area contributed by atoms with Crippen LogP contribution in [0.25, 0.3) is 0 Å². The standard InChI is InChI=1S/C20H27N3O3S.ClH/c1-16-9-11-19(12-10-16)27(25,26)23(18-7-5-4-6-8-18)14-13-20(24)22(3)17(2)15-21;/h4-12,17H,13-15,21H2,1-3H3;1H. The minimum atomic E-state index is -3.78. The monoisotopic (exact) mass is 425 g/mol. The van der Waals surface area contributed by atoms with Crippen LogP contribution in [0.3, 0.4) is 0 Å². The van der Waals surface area contributed by atoms with E-state index < -0.39 is 10.0 Å². The molecule has 2 rings (SSSR count). The number of nitrogens with zero attached hydrogens (tertiary/aromatic N) is 2. The van der Waals surface area contributed by atoms with Gasteiger partial charge in [-0.25, -0.2) is 8.42 Å². The van der Waals surface area contributed by atoms with Crippen LogP contribution in [0.2, 0.25) is 0 Å². The SMILES string of the molecule is Cc1ccc(S(=O)(=O)N(CCC(=O)N(C)C(C)CN)c2ccccc2)cc1.Cl. The lowest BCUT2D eigenvalue weighted by Crippen LogP contribution is -2.42. The summed E-state index contributed by atoms with van der Waals surface area (Å²) in [6.07, 6.45) is 0.0703. The Labute approximate surface area is 173 Å². The molecule has 0 aliphatic heterocycles. The number of anilines is 1. The highest BCUT2D eigenvalue weighted by molar-refractivity contribution is 7.92. The van der Waals surface area contributed by atoms with Gasteiger partial charge in [-0.3, -0.25) is 9.10 Å². The fourth-order valence-corrected chi connectivity index (χ4v) is 4.06. The molecular formula is C20H28ClN3O3S. The Morgan fingerprint density at radius 1 is 1.07 bits per heavy atom. The molecule has 1 amide bonds. The van der Waals surface area contributed by atoms with E-state index in [4.69, 9.17) is 5.73 Å². The Morgan fingerprint density at radius 2 is 1.64 bits per heavy atom. The van der Waals surface area contributed by atoms with Crippen LogP contribution in [0.15, 0.2) is 59.5 Å². The zero-order valence-corrected chi connectivity index (χ0v) is 18.0. The average Bonchev–Trinajstić information content (AvgIpc) is 2.67. The number of aryl methyl sites for hydroxylation is 1. The number of para-hydroxylation sites is 1. The first-order chi connectivity index (χ1) is 12.8. The van der Waals surface area contributed by atoms with Gasteiger partial charge in [0.25, 0.3) is 10.0 Å². The van der Waals surface area contributed by atoms with Gasteiger partial charge in [-0.1, -0.05) is 35.9 Å². The van der Waals surface area contributed by atoms with E-state index in [2.05, 4.69) is 0 Å². The molecule has 0 aromatic heterocycles. The smallest absolute Gasteiger partial charge is 0.264 e. The van der Waals surface area contributed by atoms with Crippen molar-refractivity contribution in [3.63, 3.8) is 0 Å². The number of amides is 1. The van der Waals surface area contributed by atoms with Gasteiger partial charge in [0.1, 0.15) is 0 Å². The summed E-state index contributed by atoms with van der Waals surface area (Å²) in [6, 6.07) is 15.4. The summed E-state index contributed by atoms with van der Waals surface area (Å²) in [5, 5.41) is 0. The van der Waals surface area contributed by atoms with E-state index >= 15 is 0 Å². The number of rotatable bonds is 8. The van der Waals surface area contributed by atoms with Crippen LogP contribution in [0.5, 0.6) is 0 Å². The van der Waals surface area contributed by atoms with Crippen LogP contribution in [0, 0.1) is 6.92 Å². The van der Waals surface area contributed by atoms with Gasteiger partial charge in [0, 0.05) is 32.6 Å². The summed E-state index contributed by atoms with van der Waals surface area (Å²) in [7, 11) is -2.10. The topological polar surface area (TPSA) is 83.7 Å². The molecule has 0 radical (unpaired) electrons. The van der Waals surface area contributed by atoms with Crippen LogP contribution in [0.4, 0.5) is 5.69 Å². The maximum Gasteiger partial charge on any atom is 0.264 e. The number of nitrogens with two attached hydrogens (primary N) is 1. The first-order valence-corrected chi connectivity index (χ1v) is 10.3. The Bertz CT molecular complexity index is 858. The number of carbonyl (C=O) groups excluding carboxylic acids is 1. The van der Waals surface area contributed by atoms with Crippen LogP contribution < -0.4 is 10.0 Å². The van der Waals surface area contributed by atoms with Gasteiger partial charge < -0.3 is 10.6 Å². The number of sulfonamides is 1. The summed E-state index contributed by atoms with van der Waals surface area (Å²) >= 11 is 0. The van der Waals surface area contributed by atoms with Crippen LogP contribution >= 0.6 is 12.4 Å². The number of halogens is 1. The van der Waals surface area contributed by atoms with E-state index in [1.165, 1.54) is 4.31 Å². The largest absolute Gasteiger partial charge is 0.342 e. The van der Waals surface area contributed by atoms with Gasteiger partial charge in [0.05, 0.1) is 10.6 Å². The second kappa shape index (κ2) is 10.5. The fourth-order valence-electron chi connectivity index (χ4n) is 2.60. The van der Waals surface area contributed by atoms with E-state index in [1.807, 2.05) is 19.9 Å². The molecule has 2 aromatic rings. The van der Waals surface area contributed by atoms with Crippen molar-refractivity contribution in [3.8, 4) is 0 Å². The minimum Gasteiger partial charge on any atom is -0.342 e. The highest BCUT2D eigenvalue weighted by atomic mass is 35.5. The van der Waals surface area contributed by atoms with Gasteiger partial charge in [-0.05, 0) is 38.1 Å². The maximum atomic E-state index is 13.2. The van der Waals surface area contributed by atoms with Crippen molar-refractivity contribution < 1.29 is 13.2 Å². The Kier molecular flexibility index (Phi) is 8.94. The maximum absolute atomic E-state index is 13.2.